The summed E-state index contributed by atoms with van der Waals surface area (Å²) in [5, 5.41) is 10.4. The second kappa shape index (κ2) is 5.98. The Hall–Kier alpha value is -2.67. The summed E-state index contributed by atoms with van der Waals surface area (Å²) in [7, 11) is 0. The highest BCUT2D eigenvalue weighted by atomic mass is 16.6. The number of carbonyl (C=O) groups is 3. The summed E-state index contributed by atoms with van der Waals surface area (Å²) in [4.78, 5) is 35.4. The van der Waals surface area contributed by atoms with Gasteiger partial charge in [0, 0.05) is 11.6 Å². The largest absolute Gasteiger partial charge is 0.465 e. The van der Waals surface area contributed by atoms with Gasteiger partial charge in [-0.3, -0.25) is 14.4 Å². The average Bonchev–Trinajstić information content (AvgIpc) is 2.76. The van der Waals surface area contributed by atoms with Gasteiger partial charge < -0.3 is 20.3 Å². The normalized spacial score (nSPS) is 21.7. The Morgan fingerprint density at radius 2 is 2.00 bits per heavy atom. The van der Waals surface area contributed by atoms with Crippen LogP contribution in [0, 0.1) is 5.92 Å². The first-order valence-electron chi connectivity index (χ1n) is 6.59. The molecule has 0 aromatic heterocycles. The summed E-state index contributed by atoms with van der Waals surface area (Å²) in [5.41, 5.74) is 5.64. The van der Waals surface area contributed by atoms with E-state index < -0.39 is 29.4 Å². The number of rotatable bonds is 5. The predicted octanol–water partition coefficient (Wildman–Crippen LogP) is -0.0200. The molecule has 7 nitrogen and oxygen atoms in total. The molecule has 0 saturated carbocycles. The van der Waals surface area contributed by atoms with Crippen LogP contribution in [-0.4, -0.2) is 35.2 Å². The topological polar surface area (TPSA) is 116 Å². The van der Waals surface area contributed by atoms with Crippen LogP contribution in [0.3, 0.4) is 0 Å². The third-order valence-electron chi connectivity index (χ3n) is 3.14. The molecule has 0 aliphatic carbocycles. The summed E-state index contributed by atoms with van der Waals surface area (Å²) >= 11 is 0. The van der Waals surface area contributed by atoms with Gasteiger partial charge in [0.1, 0.15) is 5.76 Å². The van der Waals surface area contributed by atoms with Crippen molar-refractivity contribution in [2.45, 2.75) is 12.7 Å². The maximum Gasteiger partial charge on any atom is 0.325 e. The van der Waals surface area contributed by atoms with Crippen LogP contribution < -0.4 is 5.73 Å². The Kier molecular flexibility index (Phi) is 4.27. The van der Waals surface area contributed by atoms with Crippen molar-refractivity contribution in [3.05, 3.63) is 42.0 Å². The zero-order chi connectivity index (χ0) is 16.3. The number of ketones is 1. The van der Waals surface area contributed by atoms with Gasteiger partial charge in [-0.15, -0.1) is 0 Å². The number of carbonyl (C=O) groups excluding carboxylic acids is 3. The zero-order valence-corrected chi connectivity index (χ0v) is 11.8. The number of hydrogen-bond acceptors (Lipinski definition) is 6. The van der Waals surface area contributed by atoms with Crippen molar-refractivity contribution >= 4 is 23.4 Å². The van der Waals surface area contributed by atoms with Gasteiger partial charge in [0.15, 0.2) is 0 Å². The van der Waals surface area contributed by atoms with Crippen LogP contribution in [0.2, 0.25) is 0 Å². The fourth-order valence-corrected chi connectivity index (χ4v) is 2.11. The van der Waals surface area contributed by atoms with Gasteiger partial charge in [0.2, 0.25) is 17.6 Å². The van der Waals surface area contributed by atoms with E-state index in [9.17, 15) is 19.5 Å². The van der Waals surface area contributed by atoms with E-state index in [2.05, 4.69) is 4.74 Å². The van der Waals surface area contributed by atoms with E-state index in [0.29, 0.717) is 5.56 Å². The molecule has 0 bridgehead atoms. The molecular weight excluding hydrogens is 290 g/mol. The second-order valence-electron chi connectivity index (χ2n) is 4.62. The zero-order valence-electron chi connectivity index (χ0n) is 11.8. The molecule has 0 spiro atoms. The number of esters is 1. The van der Waals surface area contributed by atoms with Crippen molar-refractivity contribution in [2.75, 3.05) is 6.61 Å². The van der Waals surface area contributed by atoms with E-state index in [1.165, 1.54) is 6.92 Å². The predicted molar refractivity (Wildman–Crippen MR) is 74.8 cm³/mol. The van der Waals surface area contributed by atoms with E-state index in [0.717, 1.165) is 6.08 Å². The van der Waals surface area contributed by atoms with Gasteiger partial charge in [-0.2, -0.15) is 0 Å². The molecule has 7 heteroatoms. The molecule has 1 aromatic rings. The SMILES string of the molecule is CCOC(=O)[C@H](C(N)=O)[C@]1(O)OC(c2ccccc2)=CC1=O. The Bertz CT molecular complexity index is 639. The molecule has 2 rings (SSSR count). The minimum atomic E-state index is -2.69. The maximum atomic E-state index is 12.1. The lowest BCUT2D eigenvalue weighted by atomic mass is 9.94. The molecular formula is C15H15NO6. The van der Waals surface area contributed by atoms with E-state index in [1.807, 2.05) is 0 Å². The van der Waals surface area contributed by atoms with Crippen molar-refractivity contribution in [3.63, 3.8) is 0 Å². The van der Waals surface area contributed by atoms with Gasteiger partial charge in [0.25, 0.3) is 5.79 Å². The molecule has 1 aliphatic rings. The summed E-state index contributed by atoms with van der Waals surface area (Å²) in [6.07, 6.45) is 1.02. The molecule has 0 unspecified atom stereocenters. The van der Waals surface area contributed by atoms with Crippen LogP contribution in [-0.2, 0) is 23.9 Å². The second-order valence-corrected chi connectivity index (χ2v) is 4.62. The van der Waals surface area contributed by atoms with Crippen LogP contribution >= 0.6 is 0 Å². The highest BCUT2D eigenvalue weighted by molar-refractivity contribution is 6.11. The lowest BCUT2D eigenvalue weighted by Crippen LogP contribution is -2.54. The maximum absolute atomic E-state index is 12.1. The van der Waals surface area contributed by atoms with Crippen LogP contribution in [0.4, 0.5) is 0 Å². The summed E-state index contributed by atoms with van der Waals surface area (Å²) in [6, 6.07) is 8.47. The Morgan fingerprint density at radius 1 is 1.36 bits per heavy atom. The fourth-order valence-electron chi connectivity index (χ4n) is 2.11. The van der Waals surface area contributed by atoms with Gasteiger partial charge in [-0.25, -0.2) is 0 Å². The third kappa shape index (κ3) is 2.71. The first kappa shape index (κ1) is 15.7. The number of hydrogen-bond donors (Lipinski definition) is 2. The third-order valence-corrected chi connectivity index (χ3v) is 3.14. The van der Waals surface area contributed by atoms with E-state index >= 15 is 0 Å². The van der Waals surface area contributed by atoms with Gasteiger partial charge >= 0.3 is 5.97 Å². The van der Waals surface area contributed by atoms with Crippen LogP contribution in [0.5, 0.6) is 0 Å². The number of primary amides is 1. The van der Waals surface area contributed by atoms with Crippen LogP contribution in [0.1, 0.15) is 12.5 Å². The highest BCUT2D eigenvalue weighted by Gasteiger charge is 2.57. The first-order chi connectivity index (χ1) is 10.4. The monoisotopic (exact) mass is 305 g/mol. The fraction of sp³-hybridized carbons (Fsp3) is 0.267. The van der Waals surface area contributed by atoms with Gasteiger partial charge in [0.05, 0.1) is 6.61 Å². The molecule has 1 aromatic carbocycles. The molecule has 116 valence electrons. The van der Waals surface area contributed by atoms with Crippen molar-refractivity contribution in [1.82, 2.24) is 0 Å². The van der Waals surface area contributed by atoms with Crippen molar-refractivity contribution in [2.24, 2.45) is 11.7 Å². The Balaban J connectivity index is 2.33. The molecule has 3 N–H and O–H groups in total. The number of ether oxygens (including phenoxy) is 2. The lowest BCUT2D eigenvalue weighted by Gasteiger charge is -2.27. The van der Waals surface area contributed by atoms with Crippen molar-refractivity contribution < 1.29 is 29.0 Å². The minimum Gasteiger partial charge on any atom is -0.465 e. The van der Waals surface area contributed by atoms with E-state index in [-0.39, 0.29) is 12.4 Å². The summed E-state index contributed by atoms with van der Waals surface area (Å²) in [6.45, 7) is 1.48. The molecule has 1 heterocycles. The Labute approximate surface area is 126 Å². The number of amides is 1. The number of benzene rings is 1. The summed E-state index contributed by atoms with van der Waals surface area (Å²) < 4.78 is 9.88. The molecule has 0 fully saturated rings. The van der Waals surface area contributed by atoms with Gasteiger partial charge in [-0.1, -0.05) is 30.3 Å². The van der Waals surface area contributed by atoms with Crippen LogP contribution in [0.25, 0.3) is 5.76 Å². The van der Waals surface area contributed by atoms with Crippen molar-refractivity contribution in [3.8, 4) is 0 Å². The van der Waals surface area contributed by atoms with Crippen molar-refractivity contribution in [1.29, 1.82) is 0 Å². The number of nitrogens with two attached hydrogens (primary N) is 1. The molecule has 22 heavy (non-hydrogen) atoms. The van der Waals surface area contributed by atoms with Gasteiger partial charge in [-0.05, 0) is 6.92 Å². The van der Waals surface area contributed by atoms with E-state index in [4.69, 9.17) is 10.5 Å². The van der Waals surface area contributed by atoms with E-state index in [1.54, 1.807) is 30.3 Å². The molecule has 1 amide bonds. The standard InChI is InChI=1S/C15H15NO6/c1-2-21-14(19)12(13(16)18)15(20)11(17)8-10(22-15)9-6-4-3-5-7-9/h3-8,12,20H,2H2,1H3,(H2,16,18)/t12-,15+/m0/s1. The average molecular weight is 305 g/mol. The lowest BCUT2D eigenvalue weighted by molar-refractivity contribution is -0.201. The molecule has 2 atom stereocenters. The number of aliphatic hydroxyl groups is 1. The summed E-state index contributed by atoms with van der Waals surface area (Å²) in [5.74, 6) is -7.86. The molecule has 1 aliphatic heterocycles. The quantitative estimate of drug-likeness (QED) is 0.583. The smallest absolute Gasteiger partial charge is 0.325 e. The van der Waals surface area contributed by atoms with Crippen LogP contribution in [0.15, 0.2) is 36.4 Å². The minimum absolute atomic E-state index is 0.0359. The first-order valence-corrected chi connectivity index (χ1v) is 6.59. The Morgan fingerprint density at radius 3 is 2.55 bits per heavy atom. The highest BCUT2D eigenvalue weighted by Crippen LogP contribution is 2.35. The molecule has 0 radical (unpaired) electrons. The molecule has 0 saturated heterocycles.